The van der Waals surface area contributed by atoms with Gasteiger partial charge < -0.3 is 19.0 Å². The Morgan fingerprint density at radius 2 is 1.32 bits per heavy atom. The number of phenolic OH excluding ortho intramolecular Hbond substituents is 1. The van der Waals surface area contributed by atoms with Gasteiger partial charge in [0.05, 0.1) is 5.92 Å². The Kier molecular flexibility index (Phi) is 7.49. The number of nitrogens with zero attached hydrogens (tertiary/aromatic N) is 2. The highest BCUT2D eigenvalue weighted by Crippen LogP contribution is 2.49. The minimum Gasteiger partial charge on any atom is -0.507 e. The maximum Gasteiger partial charge on any atom is 0.243 e. The van der Waals surface area contributed by atoms with Crippen LogP contribution in [0.25, 0.3) is 0 Å². The first-order chi connectivity index (χ1) is 17.3. The number of rotatable bonds is 5. The predicted octanol–water partition coefficient (Wildman–Crippen LogP) is 7.66. The van der Waals surface area contributed by atoms with Gasteiger partial charge in [-0.15, -0.1) is 0 Å². The van der Waals surface area contributed by atoms with E-state index in [0.29, 0.717) is 17.1 Å². The van der Waals surface area contributed by atoms with E-state index in [9.17, 15) is 15.6 Å². The molecule has 1 heterocycles. The van der Waals surface area contributed by atoms with Gasteiger partial charge >= 0.3 is 0 Å². The van der Waals surface area contributed by atoms with Gasteiger partial charge in [0.1, 0.15) is 17.9 Å². The van der Waals surface area contributed by atoms with Crippen molar-refractivity contribution in [2.45, 2.75) is 103 Å². The molecule has 6 nitrogen and oxygen atoms in total. The van der Waals surface area contributed by atoms with E-state index in [1.165, 1.54) is 0 Å². The number of aromatic hydroxyl groups is 1. The van der Waals surface area contributed by atoms with Crippen molar-refractivity contribution in [1.29, 1.82) is 10.5 Å². The molecule has 0 unspecified atom stereocenters. The van der Waals surface area contributed by atoms with Gasteiger partial charge in [-0.3, -0.25) is 0 Å². The van der Waals surface area contributed by atoms with Crippen LogP contribution in [0.15, 0.2) is 30.3 Å². The molecule has 0 spiro atoms. The molecule has 7 heteroatoms. The summed E-state index contributed by atoms with van der Waals surface area (Å²) in [5, 5.41) is 32.6. The fraction of sp³-hybridized carbons (Fsp3) is 0.548. The maximum absolute atomic E-state index is 11.4. The fourth-order valence-corrected chi connectivity index (χ4v) is 5.86. The quantitative estimate of drug-likeness (QED) is 0.396. The molecule has 38 heavy (non-hydrogen) atoms. The summed E-state index contributed by atoms with van der Waals surface area (Å²) in [5.74, 6) is 0.649. The summed E-state index contributed by atoms with van der Waals surface area (Å²) in [6, 6.07) is 14.0. The molecule has 1 atom stereocenters. The van der Waals surface area contributed by atoms with E-state index in [-0.39, 0.29) is 28.4 Å². The first kappa shape index (κ1) is 29.6. The Hall–Kier alpha value is -3.00. The standard InChI is InChI=1S/C31H42N2O4Si/c1-28(2,3)22-14-21(15-23(27(22)34)29(4,5)6)26(20-12-13-24-25(16-20)36-19-35-24)31(17-32,18-33)37-38(10,11)30(7,8)9/h12-16,26,34H,19H2,1-11H3/t26-/m0/s1. The van der Waals surface area contributed by atoms with Crippen molar-refractivity contribution in [1.82, 2.24) is 0 Å². The lowest BCUT2D eigenvalue weighted by molar-refractivity contribution is 0.147. The van der Waals surface area contributed by atoms with Crippen molar-refractivity contribution in [3.63, 3.8) is 0 Å². The molecular weight excluding hydrogens is 492 g/mol. The zero-order valence-corrected chi connectivity index (χ0v) is 25.7. The van der Waals surface area contributed by atoms with E-state index in [2.05, 4.69) is 32.9 Å². The van der Waals surface area contributed by atoms with Crippen LogP contribution >= 0.6 is 0 Å². The lowest BCUT2D eigenvalue weighted by Crippen LogP contribution is -2.51. The van der Waals surface area contributed by atoms with Crippen molar-refractivity contribution in [2.24, 2.45) is 0 Å². The lowest BCUT2D eigenvalue weighted by atomic mass is 9.73. The molecule has 1 aliphatic rings. The highest BCUT2D eigenvalue weighted by Gasteiger charge is 2.51. The van der Waals surface area contributed by atoms with Crippen molar-refractivity contribution < 1.29 is 19.0 Å². The van der Waals surface area contributed by atoms with Crippen LogP contribution in [0.4, 0.5) is 0 Å². The van der Waals surface area contributed by atoms with Crippen molar-refractivity contribution >= 4 is 8.32 Å². The molecule has 1 N–H and O–H groups in total. The molecule has 0 amide bonds. The summed E-state index contributed by atoms with van der Waals surface area (Å²) in [6.07, 6.45) is 0. The summed E-state index contributed by atoms with van der Waals surface area (Å²) in [4.78, 5) is 0. The maximum atomic E-state index is 11.4. The van der Waals surface area contributed by atoms with Crippen LogP contribution in [-0.2, 0) is 15.3 Å². The third kappa shape index (κ3) is 5.41. The molecule has 2 aromatic rings. The summed E-state index contributed by atoms with van der Waals surface area (Å²) in [6.45, 7) is 22.7. The fourth-order valence-electron chi connectivity index (χ4n) is 4.54. The van der Waals surface area contributed by atoms with Crippen molar-refractivity contribution in [2.75, 3.05) is 6.79 Å². The average molecular weight is 535 g/mol. The average Bonchev–Trinajstić information content (AvgIpc) is 3.25. The second kappa shape index (κ2) is 9.63. The second-order valence-electron chi connectivity index (χ2n) is 13.8. The summed E-state index contributed by atoms with van der Waals surface area (Å²) in [7, 11) is -2.59. The van der Waals surface area contributed by atoms with Crippen molar-refractivity contribution in [3.8, 4) is 29.4 Å². The molecular formula is C31H42N2O4Si. The first-order valence-corrected chi connectivity index (χ1v) is 16.0. The van der Waals surface area contributed by atoms with E-state index < -0.39 is 19.8 Å². The number of hydrogen-bond acceptors (Lipinski definition) is 6. The lowest BCUT2D eigenvalue weighted by Gasteiger charge is -2.43. The van der Waals surface area contributed by atoms with Gasteiger partial charge in [0.15, 0.2) is 19.8 Å². The van der Waals surface area contributed by atoms with Crippen LogP contribution in [0.3, 0.4) is 0 Å². The van der Waals surface area contributed by atoms with Crippen LogP contribution in [0.5, 0.6) is 17.2 Å². The zero-order chi connectivity index (χ0) is 28.9. The SMILES string of the molecule is CC(C)(C)c1cc([C@H](c2ccc3c(c2)OCO3)C(C#N)(C#N)O[Si](C)(C)C(C)(C)C)cc(C(C)(C)C)c1O. The van der Waals surface area contributed by atoms with Crippen LogP contribution in [-0.4, -0.2) is 25.8 Å². The molecule has 0 fully saturated rings. The Balaban J connectivity index is 2.43. The Morgan fingerprint density at radius 3 is 1.76 bits per heavy atom. The van der Waals surface area contributed by atoms with E-state index in [4.69, 9.17) is 13.9 Å². The minimum atomic E-state index is -2.59. The molecule has 0 bridgehead atoms. The van der Waals surface area contributed by atoms with Gasteiger partial charge in [0, 0.05) is 0 Å². The van der Waals surface area contributed by atoms with Gasteiger partial charge in [-0.05, 0) is 63.3 Å². The van der Waals surface area contributed by atoms with Gasteiger partial charge in [0.25, 0.3) is 0 Å². The largest absolute Gasteiger partial charge is 0.507 e. The zero-order valence-electron chi connectivity index (χ0n) is 24.7. The molecule has 1 aliphatic heterocycles. The topological polar surface area (TPSA) is 95.5 Å². The number of fused-ring (bicyclic) bond motifs is 1. The molecule has 3 rings (SSSR count). The Morgan fingerprint density at radius 1 is 0.816 bits per heavy atom. The Bertz CT molecular complexity index is 1250. The number of ether oxygens (including phenoxy) is 2. The molecule has 2 aromatic carbocycles. The van der Waals surface area contributed by atoms with Gasteiger partial charge in [-0.1, -0.05) is 80.5 Å². The van der Waals surface area contributed by atoms with E-state index in [1.54, 1.807) is 0 Å². The second-order valence-corrected chi connectivity index (χ2v) is 18.6. The number of hydrogen-bond donors (Lipinski definition) is 1. The molecule has 0 radical (unpaired) electrons. The molecule has 204 valence electrons. The van der Waals surface area contributed by atoms with Gasteiger partial charge in [-0.2, -0.15) is 10.5 Å². The molecule has 0 aliphatic carbocycles. The Labute approximate surface area is 229 Å². The summed E-state index contributed by atoms with van der Waals surface area (Å²) in [5.41, 5.74) is 0.354. The summed E-state index contributed by atoms with van der Waals surface area (Å²) < 4.78 is 18.0. The third-order valence-electron chi connectivity index (χ3n) is 7.77. The van der Waals surface area contributed by atoms with E-state index in [1.807, 2.05) is 85.0 Å². The minimum absolute atomic E-state index is 0.118. The predicted molar refractivity (Wildman–Crippen MR) is 152 cm³/mol. The molecule has 0 saturated heterocycles. The monoisotopic (exact) mass is 534 g/mol. The van der Waals surface area contributed by atoms with Crippen LogP contribution in [0.1, 0.15) is 90.5 Å². The number of nitriles is 2. The summed E-state index contributed by atoms with van der Waals surface area (Å²) >= 11 is 0. The third-order valence-corrected chi connectivity index (χ3v) is 12.2. The molecule has 0 saturated carbocycles. The first-order valence-electron chi connectivity index (χ1n) is 13.1. The smallest absolute Gasteiger partial charge is 0.243 e. The highest BCUT2D eigenvalue weighted by molar-refractivity contribution is 6.74. The normalized spacial score (nSPS) is 15.1. The van der Waals surface area contributed by atoms with Crippen molar-refractivity contribution in [3.05, 3.63) is 52.6 Å². The van der Waals surface area contributed by atoms with E-state index in [0.717, 1.165) is 16.7 Å². The highest BCUT2D eigenvalue weighted by atomic mass is 28.4. The van der Waals surface area contributed by atoms with Gasteiger partial charge in [0.2, 0.25) is 12.4 Å². The molecule has 0 aromatic heterocycles. The van der Waals surface area contributed by atoms with E-state index >= 15 is 0 Å². The number of phenols is 1. The number of benzene rings is 2. The van der Waals surface area contributed by atoms with Crippen LogP contribution in [0.2, 0.25) is 18.1 Å². The van der Waals surface area contributed by atoms with Gasteiger partial charge in [-0.25, -0.2) is 0 Å². The van der Waals surface area contributed by atoms with Crippen LogP contribution < -0.4 is 9.47 Å². The van der Waals surface area contributed by atoms with Crippen LogP contribution in [0, 0.1) is 22.7 Å².